The van der Waals surface area contributed by atoms with Crippen LogP contribution >= 0.6 is 15.9 Å². The molecule has 0 aliphatic carbocycles. The Morgan fingerprint density at radius 3 is 2.42 bits per heavy atom. The molecule has 0 bridgehead atoms. The number of aromatic nitrogens is 3. The summed E-state index contributed by atoms with van der Waals surface area (Å²) in [7, 11) is 0. The van der Waals surface area contributed by atoms with Gasteiger partial charge in [-0.15, -0.1) is 0 Å². The van der Waals surface area contributed by atoms with Crippen LogP contribution in [0.4, 0.5) is 0 Å². The lowest BCUT2D eigenvalue weighted by atomic mass is 10.1. The van der Waals surface area contributed by atoms with Crippen molar-refractivity contribution in [3.05, 3.63) is 83.9 Å². The van der Waals surface area contributed by atoms with Crippen LogP contribution in [-0.2, 0) is 11.4 Å². The largest absolute Gasteiger partial charge is 0.457 e. The molecule has 7 heteroatoms. The summed E-state index contributed by atoms with van der Waals surface area (Å²) in [5.74, 6) is 1.51. The summed E-state index contributed by atoms with van der Waals surface area (Å²) in [6, 6.07) is 15.3. The number of ether oxygens (including phenoxy) is 1. The van der Waals surface area contributed by atoms with Crippen molar-refractivity contribution >= 4 is 21.6 Å². The van der Waals surface area contributed by atoms with Crippen LogP contribution in [0.3, 0.4) is 0 Å². The number of hydrogen-bond acceptors (Lipinski definition) is 5. The molecule has 0 unspecified atom stereocenters. The Hall–Kier alpha value is -2.93. The van der Waals surface area contributed by atoms with Gasteiger partial charge in [-0.1, -0.05) is 33.7 Å². The molecule has 0 saturated carbocycles. The van der Waals surface area contributed by atoms with E-state index in [1.165, 1.54) is 6.33 Å². The third-order valence-electron chi connectivity index (χ3n) is 3.38. The monoisotopic (exact) mass is 412 g/mol. The van der Waals surface area contributed by atoms with Crippen LogP contribution in [-0.4, -0.2) is 27.1 Å². The fraction of sp³-hybridized carbons (Fsp3) is 0.105. The van der Waals surface area contributed by atoms with Gasteiger partial charge < -0.3 is 9.57 Å². The van der Waals surface area contributed by atoms with Gasteiger partial charge in [0, 0.05) is 10.0 Å². The van der Waals surface area contributed by atoms with E-state index in [2.05, 4.69) is 37.7 Å². The van der Waals surface area contributed by atoms with Gasteiger partial charge in [-0.05, 0) is 48.5 Å². The van der Waals surface area contributed by atoms with Crippen molar-refractivity contribution in [2.45, 2.75) is 6.54 Å². The molecule has 0 spiro atoms. The Bertz CT molecular complexity index is 860. The van der Waals surface area contributed by atoms with Crippen LogP contribution in [0.15, 0.2) is 83.5 Å². The zero-order chi connectivity index (χ0) is 18.2. The van der Waals surface area contributed by atoms with Gasteiger partial charge in [-0.2, -0.15) is 5.10 Å². The number of oxime groups is 1. The number of hydrogen-bond donors (Lipinski definition) is 0. The van der Waals surface area contributed by atoms with Crippen LogP contribution in [0.25, 0.3) is 0 Å². The molecule has 0 N–H and O–H groups in total. The molecule has 3 aromatic rings. The maximum Gasteiger partial charge on any atom is 0.137 e. The second-order valence-corrected chi connectivity index (χ2v) is 6.21. The molecule has 3 rings (SSSR count). The molecule has 0 amide bonds. The lowest BCUT2D eigenvalue weighted by molar-refractivity contribution is 0.174. The van der Waals surface area contributed by atoms with Gasteiger partial charge in [0.05, 0.1) is 6.54 Å². The molecule has 26 heavy (non-hydrogen) atoms. The van der Waals surface area contributed by atoms with Gasteiger partial charge in [0.2, 0.25) is 0 Å². The van der Waals surface area contributed by atoms with Gasteiger partial charge in [-0.25, -0.2) is 9.67 Å². The van der Waals surface area contributed by atoms with E-state index in [1.54, 1.807) is 17.1 Å². The average Bonchev–Trinajstić information content (AvgIpc) is 3.17. The summed E-state index contributed by atoms with van der Waals surface area (Å²) in [4.78, 5) is 9.21. The Labute approximate surface area is 159 Å². The second-order valence-electron chi connectivity index (χ2n) is 5.30. The van der Waals surface area contributed by atoms with E-state index in [4.69, 9.17) is 9.57 Å². The van der Waals surface area contributed by atoms with Gasteiger partial charge in [0.25, 0.3) is 0 Å². The summed E-state index contributed by atoms with van der Waals surface area (Å²) >= 11 is 3.41. The van der Waals surface area contributed by atoms with E-state index in [-0.39, 0.29) is 0 Å². The van der Waals surface area contributed by atoms with Crippen molar-refractivity contribution in [1.29, 1.82) is 0 Å². The van der Waals surface area contributed by atoms with E-state index in [0.29, 0.717) is 13.2 Å². The van der Waals surface area contributed by atoms with E-state index in [1.807, 2.05) is 48.5 Å². The van der Waals surface area contributed by atoms with E-state index in [9.17, 15) is 0 Å². The van der Waals surface area contributed by atoms with E-state index < -0.39 is 0 Å². The normalized spacial score (nSPS) is 11.2. The standard InChI is InChI=1S/C19H17BrN4O2/c1-2-11-25-23-19(12-24-14-21-13-22-24)15-3-7-17(8-4-15)26-18-9-5-16(20)6-10-18/h2-10,13-14H,1,11-12H2/b23-19-. The average molecular weight is 413 g/mol. The first kappa shape index (κ1) is 17.9. The first-order chi connectivity index (χ1) is 12.7. The van der Waals surface area contributed by atoms with Crippen LogP contribution in [0.1, 0.15) is 5.56 Å². The predicted molar refractivity (Wildman–Crippen MR) is 103 cm³/mol. The Kier molecular flexibility index (Phi) is 6.16. The molecule has 0 aliphatic heterocycles. The van der Waals surface area contributed by atoms with Crippen molar-refractivity contribution in [2.75, 3.05) is 6.61 Å². The molecule has 0 fully saturated rings. The maximum absolute atomic E-state index is 5.84. The fourth-order valence-electron chi connectivity index (χ4n) is 2.16. The fourth-order valence-corrected chi connectivity index (χ4v) is 2.43. The molecule has 6 nitrogen and oxygen atoms in total. The highest BCUT2D eigenvalue weighted by Gasteiger charge is 2.08. The SMILES string of the molecule is C=CCO/N=C(/Cn1cncn1)c1ccc(Oc2ccc(Br)cc2)cc1. The third kappa shape index (κ3) is 5.03. The van der Waals surface area contributed by atoms with Gasteiger partial charge in [0.15, 0.2) is 0 Å². The zero-order valence-corrected chi connectivity index (χ0v) is 15.5. The van der Waals surface area contributed by atoms with Crippen molar-refractivity contribution in [1.82, 2.24) is 14.8 Å². The van der Waals surface area contributed by atoms with Crippen LogP contribution < -0.4 is 4.74 Å². The molecule has 0 radical (unpaired) electrons. The Balaban J connectivity index is 1.75. The molecule has 132 valence electrons. The summed E-state index contributed by atoms with van der Waals surface area (Å²) in [6.07, 6.45) is 4.76. The summed E-state index contributed by atoms with van der Waals surface area (Å²) in [5, 5.41) is 8.30. The van der Waals surface area contributed by atoms with E-state index in [0.717, 1.165) is 27.2 Å². The summed E-state index contributed by atoms with van der Waals surface area (Å²) in [6.45, 7) is 4.41. The van der Waals surface area contributed by atoms with Gasteiger partial charge in [-0.3, -0.25) is 0 Å². The molecule has 0 aliphatic rings. The van der Waals surface area contributed by atoms with Gasteiger partial charge >= 0.3 is 0 Å². The minimum atomic E-state index is 0.339. The highest BCUT2D eigenvalue weighted by molar-refractivity contribution is 9.10. The zero-order valence-electron chi connectivity index (χ0n) is 14.0. The van der Waals surface area contributed by atoms with Crippen molar-refractivity contribution in [3.63, 3.8) is 0 Å². The Morgan fingerprint density at radius 2 is 1.81 bits per heavy atom. The second kappa shape index (κ2) is 8.96. The molecular weight excluding hydrogens is 396 g/mol. The van der Waals surface area contributed by atoms with Crippen molar-refractivity contribution in [3.8, 4) is 11.5 Å². The summed E-state index contributed by atoms with van der Waals surface area (Å²) < 4.78 is 8.53. The minimum absolute atomic E-state index is 0.339. The topological polar surface area (TPSA) is 61.5 Å². The van der Waals surface area contributed by atoms with Crippen molar-refractivity contribution < 1.29 is 9.57 Å². The summed E-state index contributed by atoms with van der Waals surface area (Å²) in [5.41, 5.74) is 1.64. The lowest BCUT2D eigenvalue weighted by Gasteiger charge is -2.09. The van der Waals surface area contributed by atoms with E-state index >= 15 is 0 Å². The molecule has 1 aromatic heterocycles. The highest BCUT2D eigenvalue weighted by Crippen LogP contribution is 2.23. The number of benzene rings is 2. The molecular formula is C19H17BrN4O2. The van der Waals surface area contributed by atoms with Gasteiger partial charge in [0.1, 0.15) is 36.5 Å². The first-order valence-corrected chi connectivity index (χ1v) is 8.70. The smallest absolute Gasteiger partial charge is 0.137 e. The third-order valence-corrected chi connectivity index (χ3v) is 3.91. The van der Waals surface area contributed by atoms with Crippen LogP contribution in [0, 0.1) is 0 Å². The number of halogens is 1. The lowest BCUT2D eigenvalue weighted by Crippen LogP contribution is -2.13. The maximum atomic E-state index is 5.84. The van der Waals surface area contributed by atoms with Crippen LogP contribution in [0.2, 0.25) is 0 Å². The highest BCUT2D eigenvalue weighted by atomic mass is 79.9. The number of nitrogens with zero attached hydrogens (tertiary/aromatic N) is 4. The molecule has 0 saturated heterocycles. The van der Waals surface area contributed by atoms with Crippen LogP contribution in [0.5, 0.6) is 11.5 Å². The number of rotatable bonds is 8. The minimum Gasteiger partial charge on any atom is -0.457 e. The molecule has 2 aromatic carbocycles. The molecule has 0 atom stereocenters. The van der Waals surface area contributed by atoms with Crippen molar-refractivity contribution in [2.24, 2.45) is 5.16 Å². The first-order valence-electron chi connectivity index (χ1n) is 7.90. The quantitative estimate of drug-likeness (QED) is 0.237. The predicted octanol–water partition coefficient (Wildman–Crippen LogP) is 4.44. The molecule has 1 heterocycles. The Morgan fingerprint density at radius 1 is 1.12 bits per heavy atom.